The molecule has 2 rings (SSSR count). The van der Waals surface area contributed by atoms with Crippen molar-refractivity contribution >= 4 is 100 Å². The Bertz CT molecular complexity index is 579. The first kappa shape index (κ1) is 20.5. The first-order valence-electron chi connectivity index (χ1n) is 6.13. The van der Waals surface area contributed by atoms with E-state index >= 15 is 0 Å². The highest BCUT2D eigenvalue weighted by Crippen LogP contribution is 2.60. The molecule has 2 aliphatic rings. The van der Waals surface area contributed by atoms with Crippen molar-refractivity contribution in [2.45, 2.75) is 0 Å². The second-order valence-electron chi connectivity index (χ2n) is 3.67. The predicted molar refractivity (Wildman–Crippen MR) is 121 cm³/mol. The van der Waals surface area contributed by atoms with E-state index in [-0.39, 0.29) is 0 Å². The van der Waals surface area contributed by atoms with Gasteiger partial charge in [0.05, 0.1) is 32.5 Å². The average molecular weight is 459 g/mol. The lowest BCUT2D eigenvalue weighted by Gasteiger charge is -2.04. The lowest BCUT2D eigenvalue weighted by atomic mass is 10.7. The van der Waals surface area contributed by atoms with Gasteiger partial charge in [0.25, 0.3) is 0 Å². The number of rotatable bonds is 8. The molecule has 0 spiro atoms. The fraction of sp³-hybridized carbons (Fsp3) is 0.308. The zero-order valence-corrected chi connectivity index (χ0v) is 19.1. The Kier molecular flexibility index (Phi) is 9.87. The molecule has 2 nitrogen and oxygen atoms in total. The van der Waals surface area contributed by atoms with Crippen LogP contribution in [0.4, 0.5) is 0 Å². The van der Waals surface area contributed by atoms with Crippen LogP contribution in [0.5, 0.6) is 0 Å². The molecule has 23 heavy (non-hydrogen) atoms. The Labute approximate surface area is 171 Å². The molecule has 0 aromatic rings. The summed E-state index contributed by atoms with van der Waals surface area (Å²) in [5.41, 5.74) is 0. The number of methoxy groups -OCH3 is 1. The molecular weight excluding hydrogens is 445 g/mol. The minimum atomic E-state index is 0.862. The summed E-state index contributed by atoms with van der Waals surface area (Å²) in [6.07, 6.45) is 8.51. The Hall–Kier alpha value is 1.23. The fourth-order valence-electron chi connectivity index (χ4n) is 1.40. The van der Waals surface area contributed by atoms with E-state index in [0.717, 1.165) is 15.6 Å². The zero-order valence-electron chi connectivity index (χ0n) is 12.5. The number of aldehydes is 1. The summed E-state index contributed by atoms with van der Waals surface area (Å²) in [7, 11) is 1.68. The minimum absolute atomic E-state index is 0.862. The summed E-state index contributed by atoms with van der Waals surface area (Å²) in [4.78, 5) is 10.6. The van der Waals surface area contributed by atoms with Gasteiger partial charge in [0.2, 0.25) is 0 Å². The van der Waals surface area contributed by atoms with Crippen LogP contribution in [0.15, 0.2) is 37.8 Å². The van der Waals surface area contributed by atoms with Crippen LogP contribution < -0.4 is 0 Å². The lowest BCUT2D eigenvalue weighted by molar-refractivity contribution is -0.104. The van der Waals surface area contributed by atoms with Crippen molar-refractivity contribution in [3.05, 3.63) is 37.8 Å². The smallest absolute Gasteiger partial charge is 0.144 e. The molecule has 2 heterocycles. The van der Waals surface area contributed by atoms with Crippen LogP contribution in [-0.2, 0) is 9.53 Å². The minimum Gasteiger partial charge on any atom is -0.503 e. The first-order chi connectivity index (χ1) is 11.2. The number of carbonyl (C=O) groups excluding carboxylic acids is 1. The Morgan fingerprint density at radius 1 is 0.913 bits per heavy atom. The van der Waals surface area contributed by atoms with Crippen LogP contribution >= 0.6 is 94.1 Å². The lowest BCUT2D eigenvalue weighted by Crippen LogP contribution is -1.75. The van der Waals surface area contributed by atoms with Crippen LogP contribution in [0.2, 0.25) is 0 Å². The molecule has 0 fully saturated rings. The zero-order chi connectivity index (χ0) is 16.7. The topological polar surface area (TPSA) is 26.3 Å². The second-order valence-corrected chi connectivity index (χ2v) is 13.4. The van der Waals surface area contributed by atoms with Gasteiger partial charge in [0, 0.05) is 5.08 Å². The van der Waals surface area contributed by atoms with Gasteiger partial charge in [-0.15, -0.1) is 47.0 Å². The van der Waals surface area contributed by atoms with Crippen molar-refractivity contribution in [2.24, 2.45) is 0 Å². The third-order valence-corrected chi connectivity index (χ3v) is 12.9. The van der Waals surface area contributed by atoms with Gasteiger partial charge in [-0.3, -0.25) is 4.79 Å². The van der Waals surface area contributed by atoms with Gasteiger partial charge in [-0.05, 0) is 18.6 Å². The van der Waals surface area contributed by atoms with Gasteiger partial charge in [0.1, 0.15) is 12.5 Å². The average Bonchev–Trinajstić information content (AvgIpc) is 3.12. The highest BCUT2D eigenvalue weighted by atomic mass is 32.3. The third kappa shape index (κ3) is 6.16. The van der Waals surface area contributed by atoms with Gasteiger partial charge in [-0.2, -0.15) is 0 Å². The molecule has 0 amide bonds. The predicted octanol–water partition coefficient (Wildman–Crippen LogP) is 6.84. The molecule has 0 aliphatic carbocycles. The summed E-state index contributed by atoms with van der Waals surface area (Å²) < 4.78 is 12.7. The van der Waals surface area contributed by atoms with Crippen molar-refractivity contribution in [1.82, 2.24) is 0 Å². The van der Waals surface area contributed by atoms with Crippen molar-refractivity contribution in [2.75, 3.05) is 24.7 Å². The van der Waals surface area contributed by atoms with Crippen LogP contribution in [0, 0.1) is 0 Å². The van der Waals surface area contributed by atoms with E-state index in [1.54, 1.807) is 90.0 Å². The van der Waals surface area contributed by atoms with E-state index in [4.69, 9.17) is 4.74 Å². The second kappa shape index (κ2) is 11.1. The van der Waals surface area contributed by atoms with Crippen LogP contribution in [0.3, 0.4) is 0 Å². The number of ether oxygens (including phenoxy) is 1. The fourth-order valence-corrected chi connectivity index (χ4v) is 12.4. The molecule has 10 heteroatoms. The highest BCUT2D eigenvalue weighted by Gasteiger charge is 2.24. The van der Waals surface area contributed by atoms with E-state index in [0.29, 0.717) is 0 Å². The van der Waals surface area contributed by atoms with E-state index in [1.165, 1.54) is 21.2 Å². The standard InChI is InChI=1S/C13H14O2S8/c1-15-6-9-22-11(17-3)13(23-9)19-7-18-12-10(16-2)20-8(21-12)4-5-14/h4-6H,7H2,1-3H3/b8-4-,9-6+. The molecule has 0 atom stereocenters. The number of hydrogen-bond acceptors (Lipinski definition) is 10. The quantitative estimate of drug-likeness (QED) is 0.166. The van der Waals surface area contributed by atoms with Crippen molar-refractivity contribution in [3.8, 4) is 0 Å². The molecule has 2 aliphatic heterocycles. The maximum Gasteiger partial charge on any atom is 0.144 e. The molecule has 0 radical (unpaired) electrons. The van der Waals surface area contributed by atoms with Gasteiger partial charge in [-0.25, -0.2) is 0 Å². The van der Waals surface area contributed by atoms with Crippen LogP contribution in [0.25, 0.3) is 0 Å². The molecule has 0 N–H and O–H groups in total. The number of carbonyl (C=O) groups is 1. The van der Waals surface area contributed by atoms with E-state index in [9.17, 15) is 4.79 Å². The molecule has 0 saturated carbocycles. The molecular formula is C13H14O2S8. The summed E-state index contributed by atoms with van der Waals surface area (Å²) in [6.45, 7) is 0. The summed E-state index contributed by atoms with van der Waals surface area (Å²) >= 11 is 14.2. The third-order valence-electron chi connectivity index (χ3n) is 2.28. The largest absolute Gasteiger partial charge is 0.503 e. The first-order valence-corrected chi connectivity index (χ1v) is 13.8. The van der Waals surface area contributed by atoms with E-state index in [1.807, 2.05) is 23.5 Å². The Balaban J connectivity index is 1.90. The van der Waals surface area contributed by atoms with Crippen molar-refractivity contribution in [3.63, 3.8) is 0 Å². The van der Waals surface area contributed by atoms with Gasteiger partial charge < -0.3 is 4.74 Å². The van der Waals surface area contributed by atoms with Crippen LogP contribution in [-0.4, -0.2) is 31.0 Å². The van der Waals surface area contributed by atoms with Gasteiger partial charge in [-0.1, -0.05) is 47.0 Å². The molecule has 0 bridgehead atoms. The van der Waals surface area contributed by atoms with E-state index < -0.39 is 0 Å². The SMILES string of the molecule is CO/C=C1\SC(SC)=C(SCSC2=C(SC)S/C(=C/C=O)S2)S1. The monoisotopic (exact) mass is 458 g/mol. The van der Waals surface area contributed by atoms with Crippen molar-refractivity contribution in [1.29, 1.82) is 0 Å². The number of allylic oxidation sites excluding steroid dienone is 1. The maximum absolute atomic E-state index is 10.6. The van der Waals surface area contributed by atoms with Crippen LogP contribution in [0.1, 0.15) is 0 Å². The van der Waals surface area contributed by atoms with Gasteiger partial charge in [0.15, 0.2) is 0 Å². The Morgan fingerprint density at radius 2 is 1.43 bits per heavy atom. The van der Waals surface area contributed by atoms with Gasteiger partial charge >= 0.3 is 0 Å². The summed E-state index contributed by atoms with van der Waals surface area (Å²) in [6, 6.07) is 0. The molecule has 0 aromatic heterocycles. The molecule has 126 valence electrons. The highest BCUT2D eigenvalue weighted by molar-refractivity contribution is 8.44. The summed E-state index contributed by atoms with van der Waals surface area (Å²) in [5, 5.41) is 0.967. The number of thioether (sulfide) groups is 8. The normalized spacial score (nSPS) is 21.9. The van der Waals surface area contributed by atoms with Crippen molar-refractivity contribution < 1.29 is 9.53 Å². The van der Waals surface area contributed by atoms with E-state index in [2.05, 4.69) is 12.5 Å². The number of hydrogen-bond donors (Lipinski definition) is 0. The Morgan fingerprint density at radius 3 is 1.96 bits per heavy atom. The molecule has 0 aromatic carbocycles. The molecule has 0 unspecified atom stereocenters. The molecule has 0 saturated heterocycles. The maximum atomic E-state index is 10.6. The summed E-state index contributed by atoms with van der Waals surface area (Å²) in [5.74, 6) is 0.